The van der Waals surface area contributed by atoms with E-state index in [1.807, 2.05) is 18.2 Å². The number of benzene rings is 2. The average molecular weight is 285 g/mol. The fourth-order valence-electron chi connectivity index (χ4n) is 2.28. The van der Waals surface area contributed by atoms with E-state index in [0.717, 1.165) is 18.4 Å². The third kappa shape index (κ3) is 4.98. The minimum atomic E-state index is -0.128. The summed E-state index contributed by atoms with van der Waals surface area (Å²) < 4.78 is 13.5. The smallest absolute Gasteiger partial charge is 0.126 e. The molecule has 2 rings (SSSR count). The Kier molecular flexibility index (Phi) is 5.13. The summed E-state index contributed by atoms with van der Waals surface area (Å²) in [7, 11) is 0. The van der Waals surface area contributed by atoms with E-state index in [2.05, 4.69) is 43.4 Å². The van der Waals surface area contributed by atoms with Crippen LogP contribution in [0.3, 0.4) is 0 Å². The second-order valence-corrected chi connectivity index (χ2v) is 6.31. The average Bonchev–Trinajstić information content (AvgIpc) is 2.48. The molecule has 0 saturated carbocycles. The van der Waals surface area contributed by atoms with Gasteiger partial charge in [0, 0.05) is 12.1 Å². The summed E-state index contributed by atoms with van der Waals surface area (Å²) in [5.74, 6) is -0.128. The summed E-state index contributed by atoms with van der Waals surface area (Å²) in [4.78, 5) is 0. The Labute approximate surface area is 127 Å². The van der Waals surface area contributed by atoms with Gasteiger partial charge in [-0.3, -0.25) is 0 Å². The van der Waals surface area contributed by atoms with Crippen LogP contribution in [0.2, 0.25) is 0 Å². The van der Waals surface area contributed by atoms with Crippen LogP contribution in [0.15, 0.2) is 48.5 Å². The lowest BCUT2D eigenvalue weighted by Crippen LogP contribution is -2.39. The maximum absolute atomic E-state index is 13.5. The molecule has 0 heterocycles. The van der Waals surface area contributed by atoms with Crippen LogP contribution in [0, 0.1) is 12.7 Å². The van der Waals surface area contributed by atoms with Crippen LogP contribution in [0.25, 0.3) is 0 Å². The first-order chi connectivity index (χ1) is 9.96. The van der Waals surface area contributed by atoms with Crippen LogP contribution >= 0.6 is 0 Å². The molecule has 2 aromatic carbocycles. The van der Waals surface area contributed by atoms with E-state index < -0.39 is 0 Å². The Hall–Kier alpha value is -1.67. The second kappa shape index (κ2) is 6.86. The molecule has 112 valence electrons. The molecular weight excluding hydrogens is 261 g/mol. The summed E-state index contributed by atoms with van der Waals surface area (Å²) in [6.45, 7) is 6.87. The fraction of sp³-hybridized carbons (Fsp3) is 0.368. The van der Waals surface area contributed by atoms with Crippen LogP contribution in [-0.2, 0) is 13.0 Å². The van der Waals surface area contributed by atoms with Crippen molar-refractivity contribution in [3.05, 3.63) is 71.0 Å². The molecule has 0 atom stereocenters. The monoisotopic (exact) mass is 285 g/mol. The highest BCUT2D eigenvalue weighted by Gasteiger charge is 2.16. The molecule has 0 saturated heterocycles. The molecule has 0 aromatic heterocycles. The molecule has 0 aliphatic carbocycles. The zero-order valence-corrected chi connectivity index (χ0v) is 13.1. The number of rotatable bonds is 6. The maximum atomic E-state index is 13.5. The molecule has 1 nitrogen and oxygen atoms in total. The first kappa shape index (κ1) is 15.7. The van der Waals surface area contributed by atoms with Crippen molar-refractivity contribution in [2.45, 2.75) is 45.7 Å². The van der Waals surface area contributed by atoms with Gasteiger partial charge in [0.05, 0.1) is 0 Å². The first-order valence-electron chi connectivity index (χ1n) is 7.50. The Bertz CT molecular complexity index is 575. The molecule has 0 amide bonds. The SMILES string of the molecule is Cc1ccc(CNC(C)(C)CCc2ccccc2)cc1F. The lowest BCUT2D eigenvalue weighted by Gasteiger charge is -2.26. The summed E-state index contributed by atoms with van der Waals surface area (Å²) >= 11 is 0. The summed E-state index contributed by atoms with van der Waals surface area (Å²) in [5.41, 5.74) is 3.07. The van der Waals surface area contributed by atoms with Gasteiger partial charge in [-0.1, -0.05) is 42.5 Å². The van der Waals surface area contributed by atoms with Gasteiger partial charge in [0.2, 0.25) is 0 Å². The minimum absolute atomic E-state index is 0.0250. The highest BCUT2D eigenvalue weighted by molar-refractivity contribution is 5.23. The first-order valence-corrected chi connectivity index (χ1v) is 7.50. The summed E-state index contributed by atoms with van der Waals surface area (Å²) in [5, 5.41) is 3.53. The van der Waals surface area contributed by atoms with Crippen LogP contribution in [0.4, 0.5) is 4.39 Å². The van der Waals surface area contributed by atoms with Gasteiger partial charge in [-0.2, -0.15) is 0 Å². The third-order valence-electron chi connectivity index (χ3n) is 3.89. The van der Waals surface area contributed by atoms with Crippen molar-refractivity contribution in [1.82, 2.24) is 5.32 Å². The normalized spacial score (nSPS) is 11.6. The van der Waals surface area contributed by atoms with Gasteiger partial charge in [0.1, 0.15) is 5.82 Å². The van der Waals surface area contributed by atoms with Crippen LogP contribution in [0.5, 0.6) is 0 Å². The molecule has 0 unspecified atom stereocenters. The molecule has 0 spiro atoms. The Morgan fingerprint density at radius 2 is 1.71 bits per heavy atom. The molecule has 0 fully saturated rings. The summed E-state index contributed by atoms with van der Waals surface area (Å²) in [6, 6.07) is 15.9. The van der Waals surface area contributed by atoms with Crippen LogP contribution in [0.1, 0.15) is 37.0 Å². The van der Waals surface area contributed by atoms with Crippen molar-refractivity contribution in [2.75, 3.05) is 0 Å². The molecule has 0 bridgehead atoms. The van der Waals surface area contributed by atoms with Crippen molar-refractivity contribution >= 4 is 0 Å². The number of halogens is 1. The van der Waals surface area contributed by atoms with Gasteiger partial charge < -0.3 is 5.32 Å². The van der Waals surface area contributed by atoms with E-state index in [1.165, 1.54) is 5.56 Å². The van der Waals surface area contributed by atoms with E-state index in [4.69, 9.17) is 0 Å². The standard InChI is InChI=1S/C19H24FN/c1-15-9-10-17(13-18(15)20)14-21-19(2,3)12-11-16-7-5-4-6-8-16/h4-10,13,21H,11-12,14H2,1-3H3. The van der Waals surface area contributed by atoms with E-state index in [0.29, 0.717) is 12.1 Å². The zero-order chi connectivity index (χ0) is 15.3. The predicted octanol–water partition coefficient (Wildman–Crippen LogP) is 4.64. The highest BCUT2D eigenvalue weighted by Crippen LogP contribution is 2.15. The molecule has 0 radical (unpaired) electrons. The molecule has 0 aliphatic rings. The van der Waals surface area contributed by atoms with Gasteiger partial charge >= 0.3 is 0 Å². The van der Waals surface area contributed by atoms with E-state index in [-0.39, 0.29) is 11.4 Å². The number of aryl methyl sites for hydroxylation is 2. The molecule has 21 heavy (non-hydrogen) atoms. The van der Waals surface area contributed by atoms with Gasteiger partial charge in [-0.15, -0.1) is 0 Å². The quantitative estimate of drug-likeness (QED) is 0.815. The molecular formula is C19H24FN. The van der Waals surface area contributed by atoms with Crippen molar-refractivity contribution < 1.29 is 4.39 Å². The number of hydrogen-bond acceptors (Lipinski definition) is 1. The molecule has 0 aliphatic heterocycles. The van der Waals surface area contributed by atoms with Crippen LogP contribution in [-0.4, -0.2) is 5.54 Å². The van der Waals surface area contributed by atoms with Gasteiger partial charge in [0.15, 0.2) is 0 Å². The van der Waals surface area contributed by atoms with Crippen molar-refractivity contribution in [2.24, 2.45) is 0 Å². The van der Waals surface area contributed by atoms with Crippen LogP contribution < -0.4 is 5.32 Å². The Balaban J connectivity index is 1.87. The van der Waals surface area contributed by atoms with Crippen molar-refractivity contribution in [1.29, 1.82) is 0 Å². The molecule has 2 aromatic rings. The number of hydrogen-bond donors (Lipinski definition) is 1. The molecule has 2 heteroatoms. The Morgan fingerprint density at radius 3 is 2.38 bits per heavy atom. The van der Waals surface area contributed by atoms with E-state index >= 15 is 0 Å². The van der Waals surface area contributed by atoms with E-state index in [9.17, 15) is 4.39 Å². The number of nitrogens with one attached hydrogen (secondary N) is 1. The Morgan fingerprint density at radius 1 is 1.00 bits per heavy atom. The van der Waals surface area contributed by atoms with E-state index in [1.54, 1.807) is 13.0 Å². The fourth-order valence-corrected chi connectivity index (χ4v) is 2.28. The zero-order valence-electron chi connectivity index (χ0n) is 13.1. The second-order valence-electron chi connectivity index (χ2n) is 6.31. The topological polar surface area (TPSA) is 12.0 Å². The third-order valence-corrected chi connectivity index (χ3v) is 3.89. The predicted molar refractivity (Wildman–Crippen MR) is 86.8 cm³/mol. The van der Waals surface area contributed by atoms with Gasteiger partial charge in [-0.05, 0) is 56.4 Å². The highest BCUT2D eigenvalue weighted by atomic mass is 19.1. The van der Waals surface area contributed by atoms with Crippen molar-refractivity contribution in [3.63, 3.8) is 0 Å². The van der Waals surface area contributed by atoms with Gasteiger partial charge in [-0.25, -0.2) is 4.39 Å². The lowest BCUT2D eigenvalue weighted by atomic mass is 9.95. The minimum Gasteiger partial charge on any atom is -0.308 e. The largest absolute Gasteiger partial charge is 0.308 e. The lowest BCUT2D eigenvalue weighted by molar-refractivity contribution is 0.360. The molecule has 1 N–H and O–H groups in total. The van der Waals surface area contributed by atoms with Gasteiger partial charge in [0.25, 0.3) is 0 Å². The van der Waals surface area contributed by atoms with Crippen molar-refractivity contribution in [3.8, 4) is 0 Å². The maximum Gasteiger partial charge on any atom is 0.126 e. The summed E-state index contributed by atoms with van der Waals surface area (Å²) in [6.07, 6.45) is 2.09.